The minimum absolute atomic E-state index is 0.0724. The summed E-state index contributed by atoms with van der Waals surface area (Å²) in [5.74, 6) is 0.640. The first-order chi connectivity index (χ1) is 12.5. The van der Waals surface area contributed by atoms with Crippen molar-refractivity contribution < 1.29 is 24.1 Å². The molecule has 26 heavy (non-hydrogen) atoms. The minimum Gasteiger partial charge on any atom is -0.493 e. The molecule has 0 unspecified atom stereocenters. The molecular formula is C18H25ClN2O5. The number of carboxylic acids is 1. The summed E-state index contributed by atoms with van der Waals surface area (Å²) < 4.78 is 16.5. The van der Waals surface area contributed by atoms with E-state index in [0.717, 1.165) is 18.7 Å². The van der Waals surface area contributed by atoms with Crippen LogP contribution in [0.5, 0.6) is 11.5 Å². The maximum atomic E-state index is 11.1. The molecule has 1 N–H and O–H groups in total. The summed E-state index contributed by atoms with van der Waals surface area (Å²) >= 11 is 6.33. The number of ether oxygens (including phenoxy) is 3. The third kappa shape index (κ3) is 4.40. The van der Waals surface area contributed by atoms with Crippen LogP contribution in [0.2, 0.25) is 5.02 Å². The third-order valence-corrected chi connectivity index (χ3v) is 5.18. The average Bonchev–Trinajstić information content (AvgIpc) is 2.83. The largest absolute Gasteiger partial charge is 0.493 e. The van der Waals surface area contributed by atoms with E-state index in [4.69, 9.17) is 30.9 Å². The molecule has 0 saturated carbocycles. The van der Waals surface area contributed by atoms with Gasteiger partial charge >= 0.3 is 5.97 Å². The van der Waals surface area contributed by atoms with Gasteiger partial charge in [0.2, 0.25) is 0 Å². The van der Waals surface area contributed by atoms with Gasteiger partial charge in [-0.3, -0.25) is 14.6 Å². The Morgan fingerprint density at radius 3 is 2.77 bits per heavy atom. The fourth-order valence-corrected chi connectivity index (χ4v) is 4.15. The Hall–Kier alpha value is -1.54. The van der Waals surface area contributed by atoms with Crippen LogP contribution in [0, 0.1) is 5.92 Å². The lowest BCUT2D eigenvalue weighted by atomic mass is 10.1. The molecule has 1 aromatic rings. The number of halogens is 1. The highest BCUT2D eigenvalue weighted by atomic mass is 35.5. The number of benzene rings is 1. The molecule has 0 spiro atoms. The zero-order valence-electron chi connectivity index (χ0n) is 15.1. The Balaban J connectivity index is 1.79. The number of carbonyl (C=O) groups is 1. The van der Waals surface area contributed by atoms with Crippen molar-refractivity contribution >= 4 is 17.6 Å². The van der Waals surface area contributed by atoms with Crippen molar-refractivity contribution in [3.63, 3.8) is 0 Å². The molecular weight excluding hydrogens is 360 g/mol. The van der Waals surface area contributed by atoms with Crippen LogP contribution in [0.1, 0.15) is 5.56 Å². The molecule has 0 radical (unpaired) electrons. The van der Waals surface area contributed by atoms with Crippen molar-refractivity contribution in [1.82, 2.24) is 9.80 Å². The van der Waals surface area contributed by atoms with Gasteiger partial charge in [0.1, 0.15) is 0 Å². The predicted molar refractivity (Wildman–Crippen MR) is 97.1 cm³/mol. The molecule has 144 valence electrons. The van der Waals surface area contributed by atoms with Crippen molar-refractivity contribution in [3.05, 3.63) is 22.7 Å². The molecule has 2 aliphatic rings. The average molecular weight is 385 g/mol. The first-order valence-electron chi connectivity index (χ1n) is 8.66. The zero-order valence-corrected chi connectivity index (χ0v) is 15.9. The van der Waals surface area contributed by atoms with Crippen molar-refractivity contribution in [2.45, 2.75) is 12.6 Å². The second-order valence-electron chi connectivity index (χ2n) is 6.89. The van der Waals surface area contributed by atoms with Crippen LogP contribution in [-0.2, 0) is 16.1 Å². The Morgan fingerprint density at radius 2 is 2.08 bits per heavy atom. The van der Waals surface area contributed by atoms with E-state index in [2.05, 4.69) is 4.90 Å². The van der Waals surface area contributed by atoms with Crippen molar-refractivity contribution in [1.29, 1.82) is 0 Å². The first-order valence-corrected chi connectivity index (χ1v) is 9.04. The highest BCUT2D eigenvalue weighted by Crippen LogP contribution is 2.36. The molecule has 0 aromatic heterocycles. The molecule has 3 rings (SSSR count). The molecule has 2 atom stereocenters. The predicted octanol–water partition coefficient (Wildman–Crippen LogP) is 1.57. The highest BCUT2D eigenvalue weighted by Gasteiger charge is 2.34. The summed E-state index contributed by atoms with van der Waals surface area (Å²) in [6, 6.07) is 3.98. The summed E-state index contributed by atoms with van der Waals surface area (Å²) in [5.41, 5.74) is 1.03. The van der Waals surface area contributed by atoms with Crippen molar-refractivity contribution in [2.24, 2.45) is 5.92 Å². The molecule has 1 aromatic carbocycles. The number of rotatable bonds is 6. The van der Waals surface area contributed by atoms with E-state index in [1.807, 2.05) is 17.0 Å². The molecule has 2 fully saturated rings. The molecule has 0 aliphatic carbocycles. The van der Waals surface area contributed by atoms with Crippen LogP contribution >= 0.6 is 11.6 Å². The standard InChI is InChI=1S/C18H25ClN2O5/c1-24-16-4-12(3-15(19)18(16)25-2)6-21-7-13-5-20(9-17(22)23)8-14(21)11-26-10-13/h3-4,13-14H,5-11H2,1-2H3,(H,22,23)/t13-,14-/m0/s1. The summed E-state index contributed by atoms with van der Waals surface area (Å²) in [4.78, 5) is 15.5. The second kappa shape index (κ2) is 8.43. The van der Waals surface area contributed by atoms with Gasteiger partial charge in [-0.05, 0) is 17.7 Å². The lowest BCUT2D eigenvalue weighted by Crippen LogP contribution is -2.44. The normalized spacial score (nSPS) is 24.1. The lowest BCUT2D eigenvalue weighted by Gasteiger charge is -2.30. The van der Waals surface area contributed by atoms with Gasteiger partial charge in [-0.1, -0.05) is 11.6 Å². The van der Waals surface area contributed by atoms with Gasteiger partial charge in [0.25, 0.3) is 0 Å². The van der Waals surface area contributed by atoms with Crippen LogP contribution in [-0.4, -0.2) is 80.5 Å². The molecule has 2 saturated heterocycles. The molecule has 2 aliphatic heterocycles. The smallest absolute Gasteiger partial charge is 0.317 e. The fourth-order valence-electron chi connectivity index (χ4n) is 3.84. The molecule has 8 heteroatoms. The van der Waals surface area contributed by atoms with E-state index in [1.54, 1.807) is 14.2 Å². The number of nitrogens with zero attached hydrogens (tertiary/aromatic N) is 2. The number of aliphatic carboxylic acids is 1. The SMILES string of the molecule is COc1cc(CN2C[C@H]3COC[C@@H]2CN(CC(=O)O)C3)cc(Cl)c1OC. The molecule has 0 amide bonds. The van der Waals surface area contributed by atoms with E-state index in [-0.39, 0.29) is 18.5 Å². The van der Waals surface area contributed by atoms with Gasteiger partial charge < -0.3 is 19.3 Å². The molecule has 7 nitrogen and oxygen atoms in total. The number of methoxy groups -OCH3 is 2. The number of carboxylic acid groups (broad SMARTS) is 1. The Morgan fingerprint density at radius 1 is 1.27 bits per heavy atom. The van der Waals surface area contributed by atoms with Gasteiger partial charge in [-0.25, -0.2) is 0 Å². The molecule has 2 heterocycles. The van der Waals surface area contributed by atoms with Gasteiger partial charge in [-0.2, -0.15) is 0 Å². The van der Waals surface area contributed by atoms with E-state index in [1.165, 1.54) is 0 Å². The van der Waals surface area contributed by atoms with E-state index >= 15 is 0 Å². The topological polar surface area (TPSA) is 71.5 Å². The zero-order chi connectivity index (χ0) is 18.7. The van der Waals surface area contributed by atoms with Crippen molar-refractivity contribution in [3.8, 4) is 11.5 Å². The fraction of sp³-hybridized carbons (Fsp3) is 0.611. The maximum absolute atomic E-state index is 11.1. The van der Waals surface area contributed by atoms with Crippen LogP contribution in [0.4, 0.5) is 0 Å². The number of hydrogen-bond donors (Lipinski definition) is 1. The van der Waals surface area contributed by atoms with Crippen LogP contribution < -0.4 is 9.47 Å². The Labute approximate surface area is 158 Å². The molecule has 2 bridgehead atoms. The Kier molecular flexibility index (Phi) is 6.24. The monoisotopic (exact) mass is 384 g/mol. The van der Waals surface area contributed by atoms with E-state index in [9.17, 15) is 4.79 Å². The van der Waals surface area contributed by atoms with E-state index in [0.29, 0.717) is 42.8 Å². The van der Waals surface area contributed by atoms with Crippen LogP contribution in [0.3, 0.4) is 0 Å². The first kappa shape index (κ1) is 19.2. The summed E-state index contributed by atoms with van der Waals surface area (Å²) in [6.45, 7) is 4.33. The van der Waals surface area contributed by atoms with Gasteiger partial charge in [0.15, 0.2) is 11.5 Å². The number of hydrogen-bond acceptors (Lipinski definition) is 6. The van der Waals surface area contributed by atoms with Gasteiger partial charge in [0.05, 0.1) is 39.0 Å². The van der Waals surface area contributed by atoms with Crippen molar-refractivity contribution in [2.75, 3.05) is 53.6 Å². The van der Waals surface area contributed by atoms with Gasteiger partial charge in [-0.15, -0.1) is 0 Å². The summed E-state index contributed by atoms with van der Waals surface area (Å²) in [6.07, 6.45) is 0. The minimum atomic E-state index is -0.788. The van der Waals surface area contributed by atoms with E-state index < -0.39 is 5.97 Å². The number of fused-ring (bicyclic) bond motifs is 3. The van der Waals surface area contributed by atoms with Crippen LogP contribution in [0.25, 0.3) is 0 Å². The second-order valence-corrected chi connectivity index (χ2v) is 7.29. The quantitative estimate of drug-likeness (QED) is 0.798. The third-order valence-electron chi connectivity index (χ3n) is 4.90. The maximum Gasteiger partial charge on any atom is 0.317 e. The lowest BCUT2D eigenvalue weighted by molar-refractivity contribution is -0.138. The highest BCUT2D eigenvalue weighted by molar-refractivity contribution is 6.32. The van der Waals surface area contributed by atoms with Gasteiger partial charge in [0, 0.05) is 38.1 Å². The summed E-state index contributed by atoms with van der Waals surface area (Å²) in [7, 11) is 3.16. The van der Waals surface area contributed by atoms with Crippen LogP contribution in [0.15, 0.2) is 12.1 Å². The Bertz CT molecular complexity index is 657. The summed E-state index contributed by atoms with van der Waals surface area (Å²) in [5, 5.41) is 9.65.